The van der Waals surface area contributed by atoms with Crippen LogP contribution in [0.1, 0.15) is 17.9 Å². The van der Waals surface area contributed by atoms with Crippen molar-refractivity contribution in [2.75, 3.05) is 31.1 Å². The van der Waals surface area contributed by atoms with Gasteiger partial charge in [0.15, 0.2) is 5.13 Å². The minimum Gasteiger partial charge on any atom is -0.345 e. The molecule has 0 spiro atoms. The van der Waals surface area contributed by atoms with Gasteiger partial charge in [-0.2, -0.15) is 0 Å². The average molecular weight is 348 g/mol. The lowest BCUT2D eigenvalue weighted by Crippen LogP contribution is -2.49. The Morgan fingerprint density at radius 3 is 2.70 bits per heavy atom. The number of nitrogens with zero attached hydrogens (tertiary/aromatic N) is 3. The van der Waals surface area contributed by atoms with E-state index in [1.54, 1.807) is 11.3 Å². The molecular weight excluding hydrogens is 330 g/mol. The molecule has 0 bridgehead atoms. The molecule has 0 N–H and O–H groups in total. The molecular formula is C17H18ClN3OS. The molecule has 2 aromatic rings. The fourth-order valence-electron chi connectivity index (χ4n) is 3.31. The standard InChI is InChI=1S/C17H18ClN3OS/c18-15-4-2-1-3-12(15)13-11-14(13)16(22)20-6-8-21(9-7-20)17-19-5-10-23-17/h1-5,10,13-14H,6-9,11H2. The van der Waals surface area contributed by atoms with Gasteiger partial charge in [-0.1, -0.05) is 29.8 Å². The second-order valence-corrected chi connectivity index (χ2v) is 7.38. The summed E-state index contributed by atoms with van der Waals surface area (Å²) < 4.78 is 0. The molecule has 1 aromatic heterocycles. The molecule has 23 heavy (non-hydrogen) atoms. The lowest BCUT2D eigenvalue weighted by molar-refractivity contribution is -0.132. The molecule has 120 valence electrons. The normalized spacial score (nSPS) is 23.9. The Hall–Kier alpha value is -1.59. The number of aromatic nitrogens is 1. The molecule has 4 rings (SSSR count). The first-order valence-corrected chi connectivity index (χ1v) is 9.17. The lowest BCUT2D eigenvalue weighted by atomic mass is 10.1. The Morgan fingerprint density at radius 1 is 1.22 bits per heavy atom. The summed E-state index contributed by atoms with van der Waals surface area (Å²) in [6, 6.07) is 7.88. The number of benzene rings is 1. The summed E-state index contributed by atoms with van der Waals surface area (Å²) >= 11 is 7.91. The number of rotatable bonds is 3. The number of hydrogen-bond donors (Lipinski definition) is 0. The minimum absolute atomic E-state index is 0.112. The fraction of sp³-hybridized carbons (Fsp3) is 0.412. The van der Waals surface area contributed by atoms with E-state index in [-0.39, 0.29) is 11.8 Å². The van der Waals surface area contributed by atoms with E-state index >= 15 is 0 Å². The highest BCUT2D eigenvalue weighted by Crippen LogP contribution is 2.50. The molecule has 1 aliphatic carbocycles. The van der Waals surface area contributed by atoms with E-state index in [0.29, 0.717) is 5.92 Å². The molecule has 2 aliphatic rings. The van der Waals surface area contributed by atoms with E-state index in [1.807, 2.05) is 40.7 Å². The number of carbonyl (C=O) groups excluding carboxylic acids is 1. The van der Waals surface area contributed by atoms with Gasteiger partial charge in [-0.3, -0.25) is 4.79 Å². The van der Waals surface area contributed by atoms with Gasteiger partial charge in [0.1, 0.15) is 0 Å². The van der Waals surface area contributed by atoms with Gasteiger partial charge in [0, 0.05) is 48.7 Å². The van der Waals surface area contributed by atoms with Gasteiger partial charge in [-0.25, -0.2) is 4.98 Å². The summed E-state index contributed by atoms with van der Waals surface area (Å²) in [5, 5.41) is 3.82. The highest BCUT2D eigenvalue weighted by Gasteiger charge is 2.46. The first-order chi connectivity index (χ1) is 11.2. The lowest BCUT2D eigenvalue weighted by Gasteiger charge is -2.34. The Balaban J connectivity index is 1.36. The molecule has 4 nitrogen and oxygen atoms in total. The minimum atomic E-state index is 0.112. The number of piperazine rings is 1. The van der Waals surface area contributed by atoms with Crippen LogP contribution in [0.5, 0.6) is 0 Å². The largest absolute Gasteiger partial charge is 0.345 e. The van der Waals surface area contributed by atoms with Crippen LogP contribution in [0.25, 0.3) is 0 Å². The maximum Gasteiger partial charge on any atom is 0.226 e. The van der Waals surface area contributed by atoms with Crippen molar-refractivity contribution in [3.63, 3.8) is 0 Å². The highest BCUT2D eigenvalue weighted by molar-refractivity contribution is 7.13. The Bertz CT molecular complexity index is 698. The van der Waals surface area contributed by atoms with Crippen molar-refractivity contribution in [2.45, 2.75) is 12.3 Å². The summed E-state index contributed by atoms with van der Waals surface area (Å²) in [5.41, 5.74) is 1.12. The van der Waals surface area contributed by atoms with Gasteiger partial charge in [-0.15, -0.1) is 11.3 Å². The molecule has 2 atom stereocenters. The number of anilines is 1. The van der Waals surface area contributed by atoms with Crippen LogP contribution < -0.4 is 4.90 Å². The molecule has 0 radical (unpaired) electrons. The second-order valence-electron chi connectivity index (χ2n) is 6.10. The van der Waals surface area contributed by atoms with Crippen molar-refractivity contribution in [3.05, 3.63) is 46.4 Å². The molecule has 1 aliphatic heterocycles. The average Bonchev–Trinajstić information content (AvgIpc) is 3.18. The van der Waals surface area contributed by atoms with Crippen molar-refractivity contribution in [1.29, 1.82) is 0 Å². The maximum absolute atomic E-state index is 12.7. The van der Waals surface area contributed by atoms with E-state index in [1.165, 1.54) is 0 Å². The van der Waals surface area contributed by atoms with Gasteiger partial charge in [-0.05, 0) is 24.0 Å². The van der Waals surface area contributed by atoms with Crippen molar-refractivity contribution in [1.82, 2.24) is 9.88 Å². The summed E-state index contributed by atoms with van der Waals surface area (Å²) in [5.74, 6) is 0.697. The van der Waals surface area contributed by atoms with Gasteiger partial charge in [0.25, 0.3) is 0 Å². The van der Waals surface area contributed by atoms with Crippen LogP contribution >= 0.6 is 22.9 Å². The van der Waals surface area contributed by atoms with Crippen molar-refractivity contribution < 1.29 is 4.79 Å². The molecule has 2 heterocycles. The maximum atomic E-state index is 12.7. The van der Waals surface area contributed by atoms with Crippen LogP contribution in [0.3, 0.4) is 0 Å². The smallest absolute Gasteiger partial charge is 0.226 e. The van der Waals surface area contributed by atoms with Crippen LogP contribution in [0.4, 0.5) is 5.13 Å². The summed E-state index contributed by atoms with van der Waals surface area (Å²) in [6.07, 6.45) is 2.76. The monoisotopic (exact) mass is 347 g/mol. The van der Waals surface area contributed by atoms with Gasteiger partial charge >= 0.3 is 0 Å². The van der Waals surface area contributed by atoms with Crippen molar-refractivity contribution in [3.8, 4) is 0 Å². The van der Waals surface area contributed by atoms with Crippen LogP contribution in [0.2, 0.25) is 5.02 Å². The quantitative estimate of drug-likeness (QED) is 0.855. The van der Waals surface area contributed by atoms with E-state index in [4.69, 9.17) is 11.6 Å². The fourth-order valence-corrected chi connectivity index (χ4v) is 4.28. The third kappa shape index (κ3) is 2.95. The molecule has 1 saturated heterocycles. The Labute approximate surface area is 144 Å². The number of carbonyl (C=O) groups is 1. The topological polar surface area (TPSA) is 36.4 Å². The Morgan fingerprint density at radius 2 is 2.00 bits per heavy atom. The second kappa shape index (κ2) is 6.13. The molecule has 2 unspecified atom stereocenters. The summed E-state index contributed by atoms with van der Waals surface area (Å²) in [6.45, 7) is 3.29. The van der Waals surface area contributed by atoms with Crippen LogP contribution in [-0.4, -0.2) is 42.0 Å². The zero-order valence-electron chi connectivity index (χ0n) is 12.7. The Kier molecular flexibility index (Phi) is 3.99. The van der Waals surface area contributed by atoms with Crippen LogP contribution in [0.15, 0.2) is 35.8 Å². The number of hydrogen-bond acceptors (Lipinski definition) is 4. The predicted octanol–water partition coefficient (Wildman–Crippen LogP) is 3.25. The van der Waals surface area contributed by atoms with Crippen LogP contribution in [0, 0.1) is 5.92 Å². The third-order valence-electron chi connectivity index (χ3n) is 4.69. The molecule has 6 heteroatoms. The SMILES string of the molecule is O=C(C1CC1c1ccccc1Cl)N1CCN(c2nccs2)CC1. The number of thiazole rings is 1. The van der Waals surface area contributed by atoms with Crippen molar-refractivity contribution >= 4 is 34.0 Å². The molecule has 2 fully saturated rings. The van der Waals surface area contributed by atoms with Gasteiger partial charge < -0.3 is 9.80 Å². The van der Waals surface area contributed by atoms with E-state index in [2.05, 4.69) is 9.88 Å². The van der Waals surface area contributed by atoms with Gasteiger partial charge in [0.2, 0.25) is 5.91 Å². The number of halogens is 1. The summed E-state index contributed by atoms with van der Waals surface area (Å²) in [7, 11) is 0. The van der Waals surface area contributed by atoms with E-state index in [9.17, 15) is 4.79 Å². The summed E-state index contributed by atoms with van der Waals surface area (Å²) in [4.78, 5) is 21.3. The first-order valence-electron chi connectivity index (χ1n) is 7.91. The van der Waals surface area contributed by atoms with Crippen LogP contribution in [-0.2, 0) is 4.79 Å². The van der Waals surface area contributed by atoms with Crippen molar-refractivity contribution in [2.24, 2.45) is 5.92 Å². The van der Waals surface area contributed by atoms with E-state index in [0.717, 1.165) is 48.3 Å². The highest BCUT2D eigenvalue weighted by atomic mass is 35.5. The molecule has 1 amide bonds. The van der Waals surface area contributed by atoms with E-state index < -0.39 is 0 Å². The zero-order chi connectivity index (χ0) is 15.8. The number of amides is 1. The molecule has 1 saturated carbocycles. The third-order valence-corrected chi connectivity index (χ3v) is 5.87. The molecule has 1 aromatic carbocycles. The predicted molar refractivity (Wildman–Crippen MR) is 93.2 cm³/mol. The van der Waals surface area contributed by atoms with Gasteiger partial charge in [0.05, 0.1) is 0 Å². The zero-order valence-corrected chi connectivity index (χ0v) is 14.3. The first kappa shape index (κ1) is 15.0.